The zero-order valence-corrected chi connectivity index (χ0v) is 13.0. The smallest absolute Gasteiger partial charge is 0.338 e. The lowest BCUT2D eigenvalue weighted by atomic mass is 10.2. The number of thioether (sulfide) groups is 1. The zero-order valence-electron chi connectivity index (χ0n) is 12.2. The predicted molar refractivity (Wildman–Crippen MR) is 82.6 cm³/mol. The van der Waals surface area contributed by atoms with Crippen molar-refractivity contribution in [3.8, 4) is 0 Å². The average molecular weight is 314 g/mol. The first-order chi connectivity index (χ1) is 9.90. The highest BCUT2D eigenvalue weighted by Crippen LogP contribution is 2.16. The molecule has 2 N–H and O–H groups in total. The van der Waals surface area contributed by atoms with E-state index in [1.54, 1.807) is 23.7 Å². The third-order valence-corrected chi connectivity index (χ3v) is 3.87. The van der Waals surface area contributed by atoms with Crippen LogP contribution in [0.5, 0.6) is 0 Å². The summed E-state index contributed by atoms with van der Waals surface area (Å²) in [5.74, 6) is -1.40. The van der Waals surface area contributed by atoms with Crippen molar-refractivity contribution >= 4 is 29.4 Å². The van der Waals surface area contributed by atoms with Gasteiger partial charge in [0.15, 0.2) is 0 Å². The second kappa shape index (κ2) is 7.87. The highest BCUT2D eigenvalue weighted by atomic mass is 32.2. The number of rotatable bonds is 6. The summed E-state index contributed by atoms with van der Waals surface area (Å²) in [7, 11) is 1.68. The first-order valence-corrected chi connectivity index (χ1v) is 7.85. The summed E-state index contributed by atoms with van der Waals surface area (Å²) in [4.78, 5) is 24.4. The number of halogens is 1. The molecule has 0 saturated heterocycles. The second-order valence-electron chi connectivity index (χ2n) is 4.56. The Hall–Kier alpha value is -1.76. The topological polar surface area (TPSA) is 69.6 Å². The van der Waals surface area contributed by atoms with E-state index in [1.807, 2.05) is 13.2 Å². The van der Waals surface area contributed by atoms with Crippen LogP contribution in [0.4, 0.5) is 14.9 Å². The van der Waals surface area contributed by atoms with Crippen molar-refractivity contribution in [1.29, 1.82) is 0 Å². The standard InChI is InChI=1S/C14H19FN2O3S/c1-4-10(8-21-3)17(2)14(20)16-9-5-6-11(13(18)19)12(15)7-9/h5-7,10H,4,8H2,1-3H3,(H,16,20)(H,18,19). The van der Waals surface area contributed by atoms with Crippen molar-refractivity contribution in [3.05, 3.63) is 29.6 Å². The maximum absolute atomic E-state index is 13.5. The van der Waals surface area contributed by atoms with E-state index >= 15 is 0 Å². The lowest BCUT2D eigenvalue weighted by molar-refractivity contribution is 0.0692. The summed E-state index contributed by atoms with van der Waals surface area (Å²) >= 11 is 1.65. The van der Waals surface area contributed by atoms with E-state index in [1.165, 1.54) is 6.07 Å². The quantitative estimate of drug-likeness (QED) is 0.846. The fourth-order valence-corrected chi connectivity index (χ4v) is 2.68. The van der Waals surface area contributed by atoms with Gasteiger partial charge in [0, 0.05) is 24.5 Å². The number of benzene rings is 1. The Kier molecular flexibility index (Phi) is 6.48. The number of carboxylic acids is 1. The van der Waals surface area contributed by atoms with Gasteiger partial charge in [-0.05, 0) is 30.9 Å². The number of aromatic carboxylic acids is 1. The van der Waals surface area contributed by atoms with Crippen molar-refractivity contribution in [1.82, 2.24) is 4.90 Å². The van der Waals surface area contributed by atoms with Gasteiger partial charge < -0.3 is 15.3 Å². The Bertz CT molecular complexity index is 525. The fourth-order valence-electron chi connectivity index (χ4n) is 1.84. The van der Waals surface area contributed by atoms with Gasteiger partial charge in [0.1, 0.15) is 5.82 Å². The molecule has 0 bridgehead atoms. The van der Waals surface area contributed by atoms with Gasteiger partial charge >= 0.3 is 12.0 Å². The Labute approximate surface area is 127 Å². The minimum Gasteiger partial charge on any atom is -0.478 e. The van der Waals surface area contributed by atoms with Crippen LogP contribution in [0, 0.1) is 5.82 Å². The maximum atomic E-state index is 13.5. The number of nitrogens with one attached hydrogen (secondary N) is 1. The Morgan fingerprint density at radius 2 is 2.14 bits per heavy atom. The number of anilines is 1. The van der Waals surface area contributed by atoms with Crippen LogP contribution in [-0.4, -0.2) is 47.1 Å². The van der Waals surface area contributed by atoms with E-state index in [4.69, 9.17) is 5.11 Å². The van der Waals surface area contributed by atoms with Crippen molar-refractivity contribution in [2.75, 3.05) is 24.4 Å². The normalized spacial score (nSPS) is 11.8. The Morgan fingerprint density at radius 1 is 1.48 bits per heavy atom. The molecule has 1 unspecified atom stereocenters. The lowest BCUT2D eigenvalue weighted by Crippen LogP contribution is -2.41. The molecule has 116 valence electrons. The minimum atomic E-state index is -1.34. The molecule has 2 amide bonds. The molecular weight excluding hydrogens is 295 g/mol. The number of carbonyl (C=O) groups excluding carboxylic acids is 1. The second-order valence-corrected chi connectivity index (χ2v) is 5.47. The lowest BCUT2D eigenvalue weighted by Gasteiger charge is -2.27. The van der Waals surface area contributed by atoms with E-state index in [9.17, 15) is 14.0 Å². The molecule has 1 atom stereocenters. The van der Waals surface area contributed by atoms with Gasteiger partial charge in [0.2, 0.25) is 0 Å². The molecule has 7 heteroatoms. The molecule has 1 rings (SSSR count). The average Bonchev–Trinajstić information content (AvgIpc) is 2.43. The Morgan fingerprint density at radius 3 is 2.62 bits per heavy atom. The molecule has 0 fully saturated rings. The molecule has 1 aromatic carbocycles. The number of carboxylic acid groups (broad SMARTS) is 1. The SMILES string of the molecule is CCC(CSC)N(C)C(=O)Nc1ccc(C(=O)O)c(F)c1. The molecule has 0 radical (unpaired) electrons. The summed E-state index contributed by atoms with van der Waals surface area (Å²) in [5, 5.41) is 11.3. The zero-order chi connectivity index (χ0) is 16.0. The van der Waals surface area contributed by atoms with Gasteiger partial charge in [-0.15, -0.1) is 0 Å². The monoisotopic (exact) mass is 314 g/mol. The number of hydrogen-bond donors (Lipinski definition) is 2. The number of urea groups is 1. The van der Waals surface area contributed by atoms with E-state index < -0.39 is 17.3 Å². The maximum Gasteiger partial charge on any atom is 0.338 e. The molecule has 0 heterocycles. The van der Waals surface area contributed by atoms with E-state index in [0.717, 1.165) is 24.3 Å². The van der Waals surface area contributed by atoms with Gasteiger partial charge in [-0.1, -0.05) is 6.92 Å². The number of carbonyl (C=O) groups is 2. The van der Waals surface area contributed by atoms with Gasteiger partial charge in [0.05, 0.1) is 5.56 Å². The number of nitrogens with zero attached hydrogens (tertiary/aromatic N) is 1. The number of hydrogen-bond acceptors (Lipinski definition) is 3. The van der Waals surface area contributed by atoms with Gasteiger partial charge in [-0.3, -0.25) is 0 Å². The van der Waals surface area contributed by atoms with Crippen molar-refractivity contribution < 1.29 is 19.1 Å². The van der Waals surface area contributed by atoms with Gasteiger partial charge in [-0.25, -0.2) is 14.0 Å². The third kappa shape index (κ3) is 4.63. The fraction of sp³-hybridized carbons (Fsp3) is 0.429. The summed E-state index contributed by atoms with van der Waals surface area (Å²) in [6.07, 6.45) is 2.78. The van der Waals surface area contributed by atoms with Gasteiger partial charge in [0.25, 0.3) is 0 Å². The molecule has 1 aromatic rings. The molecule has 21 heavy (non-hydrogen) atoms. The third-order valence-electron chi connectivity index (χ3n) is 3.15. The van der Waals surface area contributed by atoms with Crippen LogP contribution in [0.25, 0.3) is 0 Å². The van der Waals surface area contributed by atoms with Crippen LogP contribution < -0.4 is 5.32 Å². The van der Waals surface area contributed by atoms with E-state index in [0.29, 0.717) is 0 Å². The highest BCUT2D eigenvalue weighted by molar-refractivity contribution is 7.98. The van der Waals surface area contributed by atoms with Crippen LogP contribution in [0.3, 0.4) is 0 Å². The highest BCUT2D eigenvalue weighted by Gasteiger charge is 2.18. The van der Waals surface area contributed by atoms with Crippen LogP contribution in [-0.2, 0) is 0 Å². The van der Waals surface area contributed by atoms with Crippen LogP contribution in [0.15, 0.2) is 18.2 Å². The van der Waals surface area contributed by atoms with Gasteiger partial charge in [-0.2, -0.15) is 11.8 Å². The molecule has 0 spiro atoms. The van der Waals surface area contributed by atoms with Crippen molar-refractivity contribution in [2.45, 2.75) is 19.4 Å². The first kappa shape index (κ1) is 17.3. The van der Waals surface area contributed by atoms with E-state index in [2.05, 4.69) is 5.32 Å². The Balaban J connectivity index is 2.78. The molecule has 0 aromatic heterocycles. The van der Waals surface area contributed by atoms with Crippen molar-refractivity contribution in [3.63, 3.8) is 0 Å². The molecule has 5 nitrogen and oxygen atoms in total. The number of amides is 2. The minimum absolute atomic E-state index is 0.0862. The molecule has 0 saturated carbocycles. The molecule has 0 aliphatic heterocycles. The van der Waals surface area contributed by atoms with Crippen LogP contribution in [0.1, 0.15) is 23.7 Å². The summed E-state index contributed by atoms with van der Waals surface area (Å²) in [6.45, 7) is 1.99. The molecule has 0 aliphatic carbocycles. The summed E-state index contributed by atoms with van der Waals surface area (Å²) in [6, 6.07) is 3.24. The molecule has 0 aliphatic rings. The summed E-state index contributed by atoms with van der Waals surface area (Å²) in [5.41, 5.74) is -0.191. The van der Waals surface area contributed by atoms with Crippen LogP contribution >= 0.6 is 11.8 Å². The molecular formula is C14H19FN2O3S. The van der Waals surface area contributed by atoms with Crippen LogP contribution in [0.2, 0.25) is 0 Å². The predicted octanol–water partition coefficient (Wildman–Crippen LogP) is 3.13. The van der Waals surface area contributed by atoms with E-state index in [-0.39, 0.29) is 17.8 Å². The van der Waals surface area contributed by atoms with Crippen molar-refractivity contribution in [2.24, 2.45) is 0 Å². The summed E-state index contributed by atoms with van der Waals surface area (Å²) < 4.78 is 13.5. The first-order valence-electron chi connectivity index (χ1n) is 6.46. The largest absolute Gasteiger partial charge is 0.478 e.